The minimum atomic E-state index is -1.46. The number of hydrogen-bond donors (Lipinski definition) is 7. The molecule has 8 N–H and O–H groups in total. The number of rotatable bonds is 15. The molecule has 0 saturated heterocycles. The molecule has 12 nitrogen and oxygen atoms in total. The maximum atomic E-state index is 12.7. The van der Waals surface area contributed by atoms with Crippen LogP contribution in [0.4, 0.5) is 0 Å². The standard InChI is InChI=1S/C19H34N4O8S/c1-9(2)14(17(28)21-12(19(30)31)5-6-13(25)26)22-18(29)15(10(3)24)23-16(27)11(20)7-8-32-4/h9-12,14-15,24H,5-8,20H2,1-4H3,(H,21,28)(H,22,29)(H,23,27)(H,25,26)(H,30,31). The highest BCUT2D eigenvalue weighted by molar-refractivity contribution is 7.98. The van der Waals surface area contributed by atoms with Crippen LogP contribution in [0.5, 0.6) is 0 Å². The van der Waals surface area contributed by atoms with Crippen molar-refractivity contribution in [1.29, 1.82) is 0 Å². The van der Waals surface area contributed by atoms with Crippen LogP contribution in [0.25, 0.3) is 0 Å². The molecule has 0 radical (unpaired) electrons. The minimum Gasteiger partial charge on any atom is -0.481 e. The van der Waals surface area contributed by atoms with Gasteiger partial charge in [0.2, 0.25) is 17.7 Å². The largest absolute Gasteiger partial charge is 0.481 e. The number of amides is 3. The predicted molar refractivity (Wildman–Crippen MR) is 118 cm³/mol. The van der Waals surface area contributed by atoms with Gasteiger partial charge in [-0.1, -0.05) is 13.8 Å². The lowest BCUT2D eigenvalue weighted by atomic mass is 10.0. The van der Waals surface area contributed by atoms with E-state index < -0.39 is 72.3 Å². The summed E-state index contributed by atoms with van der Waals surface area (Å²) in [5.74, 6) is -4.81. The van der Waals surface area contributed by atoms with Gasteiger partial charge in [-0.05, 0) is 37.7 Å². The second-order valence-electron chi connectivity index (χ2n) is 7.68. The minimum absolute atomic E-state index is 0.338. The fourth-order valence-electron chi connectivity index (χ4n) is 2.61. The Morgan fingerprint density at radius 2 is 1.41 bits per heavy atom. The van der Waals surface area contributed by atoms with E-state index in [2.05, 4.69) is 16.0 Å². The topological polar surface area (TPSA) is 208 Å². The molecule has 13 heteroatoms. The van der Waals surface area contributed by atoms with E-state index in [1.807, 2.05) is 6.26 Å². The van der Waals surface area contributed by atoms with Crippen molar-refractivity contribution in [2.45, 2.75) is 70.3 Å². The van der Waals surface area contributed by atoms with Gasteiger partial charge in [0.05, 0.1) is 12.1 Å². The van der Waals surface area contributed by atoms with E-state index in [0.717, 1.165) is 0 Å². The van der Waals surface area contributed by atoms with Gasteiger partial charge in [-0.15, -0.1) is 0 Å². The average Bonchev–Trinajstić information content (AvgIpc) is 2.69. The predicted octanol–water partition coefficient (Wildman–Crippen LogP) is -1.49. The molecule has 0 saturated carbocycles. The molecule has 0 aromatic carbocycles. The summed E-state index contributed by atoms with van der Waals surface area (Å²) in [5.41, 5.74) is 5.78. The summed E-state index contributed by atoms with van der Waals surface area (Å²) in [7, 11) is 0. The summed E-state index contributed by atoms with van der Waals surface area (Å²) in [5, 5.41) is 34.9. The molecule has 3 amide bonds. The third-order valence-corrected chi connectivity index (χ3v) is 5.18. The molecule has 0 aromatic heterocycles. The van der Waals surface area contributed by atoms with Crippen LogP contribution in [0.3, 0.4) is 0 Å². The number of thioether (sulfide) groups is 1. The number of carboxylic acids is 2. The van der Waals surface area contributed by atoms with Gasteiger partial charge in [0, 0.05) is 6.42 Å². The van der Waals surface area contributed by atoms with Crippen LogP contribution in [0.2, 0.25) is 0 Å². The molecule has 0 spiro atoms. The molecule has 5 atom stereocenters. The van der Waals surface area contributed by atoms with Crippen molar-refractivity contribution in [3.8, 4) is 0 Å². The highest BCUT2D eigenvalue weighted by atomic mass is 32.2. The van der Waals surface area contributed by atoms with Gasteiger partial charge in [0.1, 0.15) is 18.1 Å². The van der Waals surface area contributed by atoms with Gasteiger partial charge in [-0.3, -0.25) is 19.2 Å². The molecular weight excluding hydrogens is 444 g/mol. The van der Waals surface area contributed by atoms with Crippen LogP contribution in [-0.4, -0.2) is 87.3 Å². The van der Waals surface area contributed by atoms with Gasteiger partial charge < -0.3 is 37.0 Å². The Labute approximate surface area is 191 Å². The Morgan fingerprint density at radius 1 is 0.875 bits per heavy atom. The Balaban J connectivity index is 5.30. The number of carbonyl (C=O) groups is 5. The summed E-state index contributed by atoms with van der Waals surface area (Å²) in [6.45, 7) is 4.49. The van der Waals surface area contributed by atoms with Gasteiger partial charge in [-0.25, -0.2) is 4.79 Å². The number of carboxylic acid groups (broad SMARTS) is 2. The maximum absolute atomic E-state index is 12.7. The number of aliphatic hydroxyl groups excluding tert-OH is 1. The smallest absolute Gasteiger partial charge is 0.326 e. The lowest BCUT2D eigenvalue weighted by molar-refractivity contribution is -0.143. The summed E-state index contributed by atoms with van der Waals surface area (Å²) in [6.07, 6.45) is 0.109. The fraction of sp³-hybridized carbons (Fsp3) is 0.737. The summed E-state index contributed by atoms with van der Waals surface area (Å²) < 4.78 is 0. The van der Waals surface area contributed by atoms with Crippen molar-refractivity contribution in [3.05, 3.63) is 0 Å². The first kappa shape index (κ1) is 29.6. The Hall–Kier alpha value is -2.38. The Morgan fingerprint density at radius 3 is 1.84 bits per heavy atom. The van der Waals surface area contributed by atoms with Crippen molar-refractivity contribution in [2.24, 2.45) is 11.7 Å². The van der Waals surface area contributed by atoms with Gasteiger partial charge in [0.15, 0.2) is 0 Å². The first-order valence-corrected chi connectivity index (χ1v) is 11.5. The quantitative estimate of drug-likeness (QED) is 0.145. The number of carbonyl (C=O) groups excluding carboxylic acids is 3. The molecule has 0 aliphatic carbocycles. The number of nitrogens with two attached hydrogens (primary N) is 1. The lowest BCUT2D eigenvalue weighted by Gasteiger charge is -2.28. The number of aliphatic hydroxyl groups is 1. The molecule has 32 heavy (non-hydrogen) atoms. The molecule has 5 unspecified atom stereocenters. The van der Waals surface area contributed by atoms with E-state index in [4.69, 9.17) is 10.8 Å². The molecule has 0 aliphatic rings. The molecular formula is C19H34N4O8S. The Bertz CT molecular complexity index is 674. The van der Waals surface area contributed by atoms with Crippen LogP contribution >= 0.6 is 11.8 Å². The molecule has 0 fully saturated rings. The number of aliphatic carboxylic acids is 2. The van der Waals surface area contributed by atoms with Crippen LogP contribution in [0.1, 0.15) is 40.0 Å². The zero-order chi connectivity index (χ0) is 25.0. The van der Waals surface area contributed by atoms with E-state index in [-0.39, 0.29) is 6.42 Å². The Kier molecular flexibility index (Phi) is 13.5. The second-order valence-corrected chi connectivity index (χ2v) is 8.66. The second kappa shape index (κ2) is 14.6. The van der Waals surface area contributed by atoms with Crippen molar-refractivity contribution in [3.63, 3.8) is 0 Å². The molecule has 0 heterocycles. The normalized spacial score (nSPS) is 15.7. The van der Waals surface area contributed by atoms with Gasteiger partial charge in [-0.2, -0.15) is 11.8 Å². The van der Waals surface area contributed by atoms with E-state index in [0.29, 0.717) is 12.2 Å². The van der Waals surface area contributed by atoms with Gasteiger partial charge in [0.25, 0.3) is 0 Å². The SMILES string of the molecule is CSCCC(N)C(=O)NC(C(=O)NC(C(=O)NC(CCC(=O)O)C(=O)O)C(C)C)C(C)O. The van der Waals surface area contributed by atoms with Crippen molar-refractivity contribution < 1.29 is 39.3 Å². The number of hydrogen-bond acceptors (Lipinski definition) is 8. The first-order valence-electron chi connectivity index (χ1n) is 10.1. The zero-order valence-corrected chi connectivity index (χ0v) is 19.5. The first-order chi connectivity index (χ1) is 14.8. The molecule has 0 aromatic rings. The fourth-order valence-corrected chi connectivity index (χ4v) is 3.10. The van der Waals surface area contributed by atoms with Crippen molar-refractivity contribution >= 4 is 41.4 Å². The van der Waals surface area contributed by atoms with Gasteiger partial charge >= 0.3 is 11.9 Å². The van der Waals surface area contributed by atoms with E-state index in [9.17, 15) is 34.2 Å². The summed E-state index contributed by atoms with van der Waals surface area (Å²) >= 11 is 1.50. The summed E-state index contributed by atoms with van der Waals surface area (Å²) in [4.78, 5) is 59.6. The highest BCUT2D eigenvalue weighted by Crippen LogP contribution is 2.07. The van der Waals surface area contributed by atoms with Crippen molar-refractivity contribution in [1.82, 2.24) is 16.0 Å². The van der Waals surface area contributed by atoms with Crippen LogP contribution < -0.4 is 21.7 Å². The average molecular weight is 479 g/mol. The van der Waals surface area contributed by atoms with Crippen LogP contribution in [-0.2, 0) is 24.0 Å². The van der Waals surface area contributed by atoms with E-state index in [1.54, 1.807) is 13.8 Å². The lowest BCUT2D eigenvalue weighted by Crippen LogP contribution is -2.60. The molecule has 184 valence electrons. The highest BCUT2D eigenvalue weighted by Gasteiger charge is 2.33. The maximum Gasteiger partial charge on any atom is 0.326 e. The third-order valence-electron chi connectivity index (χ3n) is 4.54. The molecule has 0 rings (SSSR count). The molecule has 0 aliphatic heterocycles. The monoisotopic (exact) mass is 478 g/mol. The summed E-state index contributed by atoms with van der Waals surface area (Å²) in [6, 6.07) is -4.93. The van der Waals surface area contributed by atoms with E-state index >= 15 is 0 Å². The molecule has 0 bridgehead atoms. The third kappa shape index (κ3) is 10.8. The van der Waals surface area contributed by atoms with Crippen LogP contribution in [0, 0.1) is 5.92 Å². The van der Waals surface area contributed by atoms with Crippen molar-refractivity contribution in [2.75, 3.05) is 12.0 Å². The van der Waals surface area contributed by atoms with E-state index in [1.165, 1.54) is 18.7 Å². The van der Waals surface area contributed by atoms with Crippen LogP contribution in [0.15, 0.2) is 0 Å². The zero-order valence-electron chi connectivity index (χ0n) is 18.7. The number of nitrogens with one attached hydrogen (secondary N) is 3.